The van der Waals surface area contributed by atoms with Gasteiger partial charge in [0.15, 0.2) is 0 Å². The number of hydrogen-bond donors (Lipinski definition) is 2. The molecule has 0 spiro atoms. The van der Waals surface area contributed by atoms with E-state index in [2.05, 4.69) is 0 Å². The Balaban J connectivity index is 2.23. The second kappa shape index (κ2) is 5.73. The summed E-state index contributed by atoms with van der Waals surface area (Å²) in [7, 11) is 0. The summed E-state index contributed by atoms with van der Waals surface area (Å²) in [6.07, 6.45) is 1.36. The Morgan fingerprint density at radius 3 is 2.45 bits per heavy atom. The Labute approximate surface area is 116 Å². The minimum atomic E-state index is -1.14. The molecule has 0 aliphatic carbocycles. The normalized spacial score (nSPS) is 18.6. The van der Waals surface area contributed by atoms with Crippen LogP contribution in [0.25, 0.3) is 0 Å². The molecular weight excluding hydrogens is 260 g/mol. The van der Waals surface area contributed by atoms with Crippen molar-refractivity contribution in [3.05, 3.63) is 35.4 Å². The Kier molecular flexibility index (Phi) is 4.02. The number of rotatable bonds is 3. The first kappa shape index (κ1) is 14.0. The zero-order valence-electron chi connectivity index (χ0n) is 10.9. The van der Waals surface area contributed by atoms with Crippen molar-refractivity contribution in [1.29, 1.82) is 0 Å². The molecule has 1 aromatic rings. The molecule has 1 aromatic carbocycles. The molecule has 1 aliphatic heterocycles. The minimum Gasteiger partial charge on any atom is -0.478 e. The van der Waals surface area contributed by atoms with Crippen molar-refractivity contribution < 1.29 is 19.5 Å². The third-order valence-electron chi connectivity index (χ3n) is 3.50. The van der Waals surface area contributed by atoms with Crippen LogP contribution in [0.4, 0.5) is 0 Å². The third kappa shape index (κ3) is 2.79. The fourth-order valence-corrected chi connectivity index (χ4v) is 2.42. The fraction of sp³-hybridized carbons (Fsp3) is 0.357. The average molecular weight is 276 g/mol. The largest absolute Gasteiger partial charge is 0.478 e. The van der Waals surface area contributed by atoms with E-state index < -0.39 is 11.9 Å². The van der Waals surface area contributed by atoms with E-state index in [1.807, 2.05) is 0 Å². The number of carboxylic acids is 1. The van der Waals surface area contributed by atoms with Crippen LogP contribution in [-0.2, 0) is 4.79 Å². The van der Waals surface area contributed by atoms with E-state index in [4.69, 9.17) is 10.8 Å². The summed E-state index contributed by atoms with van der Waals surface area (Å²) in [4.78, 5) is 36.3. The highest BCUT2D eigenvalue weighted by Crippen LogP contribution is 2.20. The van der Waals surface area contributed by atoms with Crippen molar-refractivity contribution >= 4 is 17.8 Å². The first-order valence-electron chi connectivity index (χ1n) is 6.41. The molecule has 2 rings (SSSR count). The lowest BCUT2D eigenvalue weighted by Gasteiger charge is -2.31. The zero-order valence-corrected chi connectivity index (χ0v) is 10.9. The fourth-order valence-electron chi connectivity index (χ4n) is 2.42. The van der Waals surface area contributed by atoms with Gasteiger partial charge in [0, 0.05) is 13.1 Å². The van der Waals surface area contributed by atoms with E-state index in [0.29, 0.717) is 19.4 Å². The summed E-state index contributed by atoms with van der Waals surface area (Å²) >= 11 is 0. The first-order chi connectivity index (χ1) is 9.50. The van der Waals surface area contributed by atoms with Crippen LogP contribution in [-0.4, -0.2) is 40.9 Å². The Hall–Kier alpha value is -2.37. The number of piperidine rings is 1. The predicted molar refractivity (Wildman–Crippen MR) is 71.2 cm³/mol. The highest BCUT2D eigenvalue weighted by molar-refractivity contribution is 6.04. The number of hydrogen-bond acceptors (Lipinski definition) is 3. The van der Waals surface area contributed by atoms with Crippen molar-refractivity contribution in [3.63, 3.8) is 0 Å². The molecule has 6 heteroatoms. The van der Waals surface area contributed by atoms with Crippen LogP contribution in [0.15, 0.2) is 24.3 Å². The quantitative estimate of drug-likeness (QED) is 0.849. The lowest BCUT2D eigenvalue weighted by Crippen LogP contribution is -2.44. The standard InChI is InChI=1S/C14H16N2O4/c15-12(17)9-4-3-7-16(8-9)13(18)10-5-1-2-6-11(10)14(19)20/h1-2,5-6,9H,3-4,7-8H2,(H2,15,17)(H,19,20). The van der Waals surface area contributed by atoms with Crippen molar-refractivity contribution in [1.82, 2.24) is 4.90 Å². The molecule has 1 atom stereocenters. The molecule has 106 valence electrons. The van der Waals surface area contributed by atoms with Gasteiger partial charge in [-0.2, -0.15) is 0 Å². The van der Waals surface area contributed by atoms with E-state index in [1.165, 1.54) is 17.0 Å². The number of carbonyl (C=O) groups excluding carboxylic acids is 2. The number of nitrogens with zero attached hydrogens (tertiary/aromatic N) is 1. The number of likely N-dealkylation sites (tertiary alicyclic amines) is 1. The maximum atomic E-state index is 12.4. The second-order valence-electron chi connectivity index (χ2n) is 4.84. The number of carbonyl (C=O) groups is 3. The third-order valence-corrected chi connectivity index (χ3v) is 3.50. The van der Waals surface area contributed by atoms with E-state index in [-0.39, 0.29) is 29.5 Å². The number of aromatic carboxylic acids is 1. The Bertz CT molecular complexity index is 556. The Morgan fingerprint density at radius 2 is 1.85 bits per heavy atom. The maximum Gasteiger partial charge on any atom is 0.336 e. The van der Waals surface area contributed by atoms with Crippen molar-refractivity contribution in [2.45, 2.75) is 12.8 Å². The number of nitrogens with two attached hydrogens (primary N) is 1. The zero-order chi connectivity index (χ0) is 14.7. The van der Waals surface area contributed by atoms with Gasteiger partial charge in [-0.1, -0.05) is 12.1 Å². The second-order valence-corrected chi connectivity index (χ2v) is 4.84. The molecule has 0 bridgehead atoms. The summed E-state index contributed by atoms with van der Waals surface area (Å²) in [6, 6.07) is 6.07. The monoisotopic (exact) mass is 276 g/mol. The SMILES string of the molecule is NC(=O)C1CCCN(C(=O)c2ccccc2C(=O)O)C1. The van der Waals surface area contributed by atoms with Gasteiger partial charge in [0.2, 0.25) is 5.91 Å². The number of benzene rings is 1. The molecule has 20 heavy (non-hydrogen) atoms. The molecule has 3 N–H and O–H groups in total. The van der Waals surface area contributed by atoms with Crippen LogP contribution in [0.3, 0.4) is 0 Å². The van der Waals surface area contributed by atoms with Gasteiger partial charge in [0.25, 0.3) is 5.91 Å². The van der Waals surface area contributed by atoms with Crippen molar-refractivity contribution in [3.8, 4) is 0 Å². The summed E-state index contributed by atoms with van der Waals surface area (Å²) in [5.41, 5.74) is 5.39. The first-order valence-corrected chi connectivity index (χ1v) is 6.41. The highest BCUT2D eigenvalue weighted by Gasteiger charge is 2.29. The van der Waals surface area contributed by atoms with Gasteiger partial charge in [-0.05, 0) is 25.0 Å². The van der Waals surface area contributed by atoms with Gasteiger partial charge in [0.1, 0.15) is 0 Å². The topological polar surface area (TPSA) is 101 Å². The number of amides is 2. The van der Waals surface area contributed by atoms with Gasteiger partial charge >= 0.3 is 5.97 Å². The summed E-state index contributed by atoms with van der Waals surface area (Å²) in [5.74, 6) is -2.29. The summed E-state index contributed by atoms with van der Waals surface area (Å²) in [5, 5.41) is 9.11. The molecule has 1 unspecified atom stereocenters. The minimum absolute atomic E-state index is 0.0290. The van der Waals surface area contributed by atoms with Crippen LogP contribution in [0.1, 0.15) is 33.6 Å². The molecular formula is C14H16N2O4. The van der Waals surface area contributed by atoms with E-state index in [1.54, 1.807) is 12.1 Å². The van der Waals surface area contributed by atoms with Crippen molar-refractivity contribution in [2.24, 2.45) is 11.7 Å². The lowest BCUT2D eigenvalue weighted by atomic mass is 9.96. The van der Waals surface area contributed by atoms with Gasteiger partial charge in [-0.25, -0.2) is 4.79 Å². The van der Waals surface area contributed by atoms with Crippen LogP contribution in [0.5, 0.6) is 0 Å². The molecule has 0 aromatic heterocycles. The maximum absolute atomic E-state index is 12.4. The van der Waals surface area contributed by atoms with Gasteiger partial charge in [-0.15, -0.1) is 0 Å². The van der Waals surface area contributed by atoms with Crippen LogP contribution < -0.4 is 5.73 Å². The molecule has 1 fully saturated rings. The smallest absolute Gasteiger partial charge is 0.336 e. The molecule has 1 aliphatic rings. The average Bonchev–Trinajstić information content (AvgIpc) is 2.46. The van der Waals surface area contributed by atoms with Gasteiger partial charge in [0.05, 0.1) is 17.0 Å². The van der Waals surface area contributed by atoms with Crippen molar-refractivity contribution in [2.75, 3.05) is 13.1 Å². The van der Waals surface area contributed by atoms with Crippen LogP contribution in [0.2, 0.25) is 0 Å². The number of primary amides is 1. The summed E-state index contributed by atoms with van der Waals surface area (Å²) < 4.78 is 0. The predicted octanol–water partition coefficient (Wildman–Crippen LogP) is 0.722. The van der Waals surface area contributed by atoms with Crippen LogP contribution >= 0.6 is 0 Å². The molecule has 6 nitrogen and oxygen atoms in total. The van der Waals surface area contributed by atoms with E-state index in [0.717, 1.165) is 0 Å². The molecule has 0 saturated carbocycles. The highest BCUT2D eigenvalue weighted by atomic mass is 16.4. The van der Waals surface area contributed by atoms with Gasteiger partial charge in [-0.3, -0.25) is 9.59 Å². The molecule has 2 amide bonds. The molecule has 1 heterocycles. The van der Waals surface area contributed by atoms with Crippen LogP contribution in [0, 0.1) is 5.92 Å². The lowest BCUT2D eigenvalue weighted by molar-refractivity contribution is -0.123. The Morgan fingerprint density at radius 1 is 1.20 bits per heavy atom. The van der Waals surface area contributed by atoms with E-state index >= 15 is 0 Å². The van der Waals surface area contributed by atoms with E-state index in [9.17, 15) is 14.4 Å². The molecule has 0 radical (unpaired) electrons. The summed E-state index contributed by atoms with van der Waals surface area (Å²) in [6.45, 7) is 0.763. The van der Waals surface area contributed by atoms with Gasteiger partial charge < -0.3 is 15.7 Å². The molecule has 1 saturated heterocycles. The number of carboxylic acid groups (broad SMARTS) is 1.